The predicted molar refractivity (Wildman–Crippen MR) is 198 cm³/mol. The number of fused-ring (bicyclic) bond motifs is 3. The molecule has 0 radical (unpaired) electrons. The van der Waals surface area contributed by atoms with Crippen molar-refractivity contribution in [1.29, 1.82) is 0 Å². The van der Waals surface area contributed by atoms with Crippen LogP contribution in [0.4, 0.5) is 11.4 Å². The van der Waals surface area contributed by atoms with E-state index in [0.29, 0.717) is 17.5 Å². The Morgan fingerprint density at radius 2 is 1.06 bits per heavy atom. The lowest BCUT2D eigenvalue weighted by molar-refractivity contribution is -0.107. The van der Waals surface area contributed by atoms with Gasteiger partial charge in [-0.3, -0.25) is 4.79 Å². The van der Waals surface area contributed by atoms with Gasteiger partial charge in [-0.2, -0.15) is 0 Å². The Morgan fingerprint density at radius 1 is 0.531 bits per heavy atom. The fourth-order valence-electron chi connectivity index (χ4n) is 6.21. The van der Waals surface area contributed by atoms with E-state index in [0.717, 1.165) is 78.7 Å². The first-order chi connectivity index (χ1) is 24.1. The first-order valence-electron chi connectivity index (χ1n) is 16.0. The van der Waals surface area contributed by atoms with Crippen LogP contribution in [-0.2, 0) is 4.79 Å². The maximum atomic E-state index is 11.4. The minimum absolute atomic E-state index is 0.577. The van der Waals surface area contributed by atoms with Gasteiger partial charge in [-0.25, -0.2) is 15.0 Å². The molecule has 0 spiro atoms. The molecule has 2 heterocycles. The lowest BCUT2D eigenvalue weighted by Gasteiger charge is -2.17. The van der Waals surface area contributed by atoms with Gasteiger partial charge in [0.1, 0.15) is 11.2 Å². The molecule has 8 aromatic rings. The highest BCUT2D eigenvalue weighted by Gasteiger charge is 2.15. The van der Waals surface area contributed by atoms with Gasteiger partial charge in [0.05, 0.1) is 11.4 Å². The number of hydrogen-bond acceptors (Lipinski definition) is 6. The summed E-state index contributed by atoms with van der Waals surface area (Å²) in [6.45, 7) is 0. The van der Waals surface area contributed by atoms with E-state index >= 15 is 0 Å². The number of amides is 1. The second-order valence-electron chi connectivity index (χ2n) is 11.8. The molecule has 236 valence electrons. The molecular formula is C42H31N5O2. The molecule has 0 saturated carbocycles. The summed E-state index contributed by atoms with van der Waals surface area (Å²) in [5.41, 5.74) is 10.2. The van der Waals surface area contributed by atoms with E-state index in [-0.39, 0.29) is 0 Å². The van der Waals surface area contributed by atoms with Crippen molar-refractivity contribution in [1.82, 2.24) is 15.0 Å². The second kappa shape index (κ2) is 12.5. The number of carbonyl (C=O) groups excluding carboxylic acids is 1. The molecule has 6 aromatic carbocycles. The van der Waals surface area contributed by atoms with Crippen molar-refractivity contribution in [2.75, 3.05) is 24.3 Å². The molecule has 0 aliphatic carbocycles. The summed E-state index contributed by atoms with van der Waals surface area (Å²) in [5.74, 6) is 1.76. The number of benzene rings is 6. The molecule has 49 heavy (non-hydrogen) atoms. The van der Waals surface area contributed by atoms with Gasteiger partial charge < -0.3 is 14.6 Å². The van der Waals surface area contributed by atoms with Gasteiger partial charge in [0.25, 0.3) is 0 Å². The lowest BCUT2D eigenvalue weighted by Crippen LogP contribution is -2.15. The first kappa shape index (κ1) is 29.8. The van der Waals surface area contributed by atoms with Crippen LogP contribution in [0.5, 0.6) is 0 Å². The summed E-state index contributed by atoms with van der Waals surface area (Å²) in [6, 6.07) is 46.9. The minimum atomic E-state index is 0.577. The average molecular weight is 638 g/mol. The Hall–Kier alpha value is -6.60. The van der Waals surface area contributed by atoms with Gasteiger partial charge in [0, 0.05) is 41.6 Å². The maximum absolute atomic E-state index is 11.4. The number of nitrogens with one attached hydrogen (secondary N) is 1. The molecule has 0 aliphatic heterocycles. The number of carbonyl (C=O) groups is 1. The number of hydrogen-bond donors (Lipinski definition) is 1. The van der Waals surface area contributed by atoms with Crippen molar-refractivity contribution in [2.45, 2.75) is 0 Å². The summed E-state index contributed by atoms with van der Waals surface area (Å²) in [4.78, 5) is 28.0. The van der Waals surface area contributed by atoms with E-state index in [1.807, 2.05) is 104 Å². The summed E-state index contributed by atoms with van der Waals surface area (Å²) < 4.78 is 6.07. The number of nitrogens with zero attached hydrogens (tertiary/aromatic N) is 4. The average Bonchev–Trinajstić information content (AvgIpc) is 3.55. The normalized spacial score (nSPS) is 11.1. The molecule has 1 N–H and O–H groups in total. The highest BCUT2D eigenvalue weighted by Crippen LogP contribution is 2.35. The van der Waals surface area contributed by atoms with E-state index in [4.69, 9.17) is 19.4 Å². The standard InChI is InChI=1S/C42H31N5O2/c1-43-36-25-31(18-20-37(36)47(2)26-48)29-13-9-15-33(23-29)42-45-40(27-10-4-3-5-11-27)44-41(46-42)32-14-8-12-28(22-32)30-19-21-39-35(24-30)34-16-6-7-17-38(34)49-39/h3-26,43H,1-2H3. The van der Waals surface area contributed by atoms with E-state index in [1.54, 1.807) is 11.9 Å². The van der Waals surface area contributed by atoms with Crippen LogP contribution in [0.15, 0.2) is 144 Å². The van der Waals surface area contributed by atoms with Crippen LogP contribution in [0.25, 0.3) is 78.4 Å². The molecule has 0 aliphatic rings. The third-order valence-corrected chi connectivity index (χ3v) is 8.76. The maximum Gasteiger partial charge on any atom is 0.213 e. The van der Waals surface area contributed by atoms with E-state index in [1.165, 1.54) is 0 Å². The van der Waals surface area contributed by atoms with Crippen molar-refractivity contribution in [3.05, 3.63) is 140 Å². The number of aromatic nitrogens is 3. The molecule has 7 nitrogen and oxygen atoms in total. The highest BCUT2D eigenvalue weighted by molar-refractivity contribution is 6.06. The molecule has 0 fully saturated rings. The van der Waals surface area contributed by atoms with Gasteiger partial charge in [0.2, 0.25) is 6.41 Å². The number of anilines is 2. The third-order valence-electron chi connectivity index (χ3n) is 8.76. The van der Waals surface area contributed by atoms with Crippen molar-refractivity contribution in [3.63, 3.8) is 0 Å². The van der Waals surface area contributed by atoms with Gasteiger partial charge in [-0.05, 0) is 64.7 Å². The second-order valence-corrected chi connectivity index (χ2v) is 11.8. The van der Waals surface area contributed by atoms with E-state index in [2.05, 4.69) is 47.8 Å². The molecular weight excluding hydrogens is 606 g/mol. The van der Waals surface area contributed by atoms with Crippen LogP contribution < -0.4 is 10.2 Å². The van der Waals surface area contributed by atoms with Crippen LogP contribution in [0, 0.1) is 0 Å². The predicted octanol–water partition coefficient (Wildman–Crippen LogP) is 9.74. The van der Waals surface area contributed by atoms with Gasteiger partial charge in [-0.1, -0.05) is 97.1 Å². The molecule has 7 heteroatoms. The number of rotatable bonds is 8. The van der Waals surface area contributed by atoms with Crippen LogP contribution >= 0.6 is 0 Å². The zero-order chi connectivity index (χ0) is 33.3. The monoisotopic (exact) mass is 637 g/mol. The fraction of sp³-hybridized carbons (Fsp3) is 0.0476. The molecule has 1 amide bonds. The molecule has 0 saturated heterocycles. The van der Waals surface area contributed by atoms with Crippen LogP contribution in [0.2, 0.25) is 0 Å². The van der Waals surface area contributed by atoms with Crippen molar-refractivity contribution in [2.24, 2.45) is 0 Å². The molecule has 8 rings (SSSR count). The Kier molecular flexibility index (Phi) is 7.62. The SMILES string of the molecule is CNc1cc(-c2cccc(-c3nc(-c4ccccc4)nc(-c4cccc(-c5ccc6oc7ccccc7c6c5)c4)n3)c2)ccc1N(C)C=O. The molecule has 0 bridgehead atoms. The van der Waals surface area contributed by atoms with E-state index in [9.17, 15) is 4.79 Å². The summed E-state index contributed by atoms with van der Waals surface area (Å²) in [6.07, 6.45) is 0.800. The molecule has 0 atom stereocenters. The van der Waals surface area contributed by atoms with Crippen LogP contribution in [0.3, 0.4) is 0 Å². The summed E-state index contributed by atoms with van der Waals surface area (Å²) >= 11 is 0. The Balaban J connectivity index is 1.22. The lowest BCUT2D eigenvalue weighted by atomic mass is 10.00. The zero-order valence-corrected chi connectivity index (χ0v) is 27.0. The summed E-state index contributed by atoms with van der Waals surface area (Å²) in [5, 5.41) is 5.39. The topological polar surface area (TPSA) is 84.2 Å². The molecule has 2 aromatic heterocycles. The molecule has 0 unspecified atom stereocenters. The Labute approximate surface area is 283 Å². The van der Waals surface area contributed by atoms with Crippen molar-refractivity contribution in [3.8, 4) is 56.4 Å². The quantitative estimate of drug-likeness (QED) is 0.167. The van der Waals surface area contributed by atoms with E-state index < -0.39 is 0 Å². The smallest absolute Gasteiger partial charge is 0.213 e. The minimum Gasteiger partial charge on any atom is -0.456 e. The van der Waals surface area contributed by atoms with Crippen LogP contribution in [-0.4, -0.2) is 35.5 Å². The van der Waals surface area contributed by atoms with Crippen molar-refractivity contribution < 1.29 is 9.21 Å². The Morgan fingerprint density at radius 3 is 1.73 bits per heavy atom. The Bertz CT molecular complexity index is 2490. The largest absolute Gasteiger partial charge is 0.456 e. The highest BCUT2D eigenvalue weighted by atomic mass is 16.3. The first-order valence-corrected chi connectivity index (χ1v) is 16.0. The fourth-order valence-corrected chi connectivity index (χ4v) is 6.21. The summed E-state index contributed by atoms with van der Waals surface area (Å²) in [7, 11) is 3.59. The number of furan rings is 1. The van der Waals surface area contributed by atoms with Crippen molar-refractivity contribution >= 4 is 39.7 Å². The zero-order valence-electron chi connectivity index (χ0n) is 27.0. The van der Waals surface area contributed by atoms with Gasteiger partial charge >= 0.3 is 0 Å². The third kappa shape index (κ3) is 5.68. The van der Waals surface area contributed by atoms with Crippen LogP contribution in [0.1, 0.15) is 0 Å². The van der Waals surface area contributed by atoms with Gasteiger partial charge in [-0.15, -0.1) is 0 Å². The number of para-hydroxylation sites is 1. The van der Waals surface area contributed by atoms with Gasteiger partial charge in [0.15, 0.2) is 17.5 Å².